The minimum Gasteiger partial charge on any atom is -0.455 e. The van der Waals surface area contributed by atoms with Crippen molar-refractivity contribution < 1.29 is 13.6 Å². The Morgan fingerprint density at radius 3 is 2.84 bits per heavy atom. The van der Waals surface area contributed by atoms with E-state index in [1.165, 1.54) is 12.1 Å². The standard InChI is InChI=1S/C13H12BrFN2O2/c14-11-3-1-9(15)5-8(11)7-17-13(18)12-4-2-10(6-16)19-12/h1-5H,6-7,16H2,(H,17,18). The number of furan rings is 1. The number of amides is 1. The lowest BCUT2D eigenvalue weighted by molar-refractivity contribution is 0.0921. The predicted octanol–water partition coefficient (Wildman–Crippen LogP) is 2.57. The van der Waals surface area contributed by atoms with Gasteiger partial charge in [-0.2, -0.15) is 0 Å². The highest BCUT2D eigenvalue weighted by Crippen LogP contribution is 2.17. The Morgan fingerprint density at radius 2 is 2.16 bits per heavy atom. The average molecular weight is 327 g/mol. The van der Waals surface area contributed by atoms with Crippen molar-refractivity contribution in [3.05, 3.63) is 57.7 Å². The van der Waals surface area contributed by atoms with Crippen molar-refractivity contribution in [2.45, 2.75) is 13.1 Å². The molecule has 1 heterocycles. The van der Waals surface area contributed by atoms with Gasteiger partial charge in [0.1, 0.15) is 11.6 Å². The summed E-state index contributed by atoms with van der Waals surface area (Å²) in [7, 11) is 0. The summed E-state index contributed by atoms with van der Waals surface area (Å²) < 4.78 is 19.0. The zero-order chi connectivity index (χ0) is 13.8. The summed E-state index contributed by atoms with van der Waals surface area (Å²) in [5.41, 5.74) is 6.04. The molecule has 0 saturated heterocycles. The topological polar surface area (TPSA) is 68.3 Å². The lowest BCUT2D eigenvalue weighted by Crippen LogP contribution is -2.22. The van der Waals surface area contributed by atoms with Gasteiger partial charge in [0.25, 0.3) is 5.91 Å². The molecule has 4 nitrogen and oxygen atoms in total. The summed E-state index contributed by atoms with van der Waals surface area (Å²) in [5.74, 6) is 0.0109. The first-order chi connectivity index (χ1) is 9.10. The fourth-order valence-electron chi connectivity index (χ4n) is 1.55. The fraction of sp³-hybridized carbons (Fsp3) is 0.154. The van der Waals surface area contributed by atoms with Gasteiger partial charge in [-0.1, -0.05) is 15.9 Å². The second-order valence-corrected chi connectivity index (χ2v) is 4.74. The number of benzene rings is 1. The summed E-state index contributed by atoms with van der Waals surface area (Å²) >= 11 is 3.29. The predicted molar refractivity (Wildman–Crippen MR) is 71.9 cm³/mol. The molecule has 100 valence electrons. The van der Waals surface area contributed by atoms with E-state index in [0.29, 0.717) is 11.3 Å². The smallest absolute Gasteiger partial charge is 0.287 e. The Hall–Kier alpha value is -1.66. The van der Waals surface area contributed by atoms with Gasteiger partial charge in [-0.15, -0.1) is 0 Å². The van der Waals surface area contributed by atoms with Crippen LogP contribution in [0, 0.1) is 5.82 Å². The molecule has 0 aliphatic rings. The van der Waals surface area contributed by atoms with E-state index in [1.54, 1.807) is 18.2 Å². The molecule has 0 fully saturated rings. The number of nitrogens with one attached hydrogen (secondary N) is 1. The second kappa shape index (κ2) is 5.99. The lowest BCUT2D eigenvalue weighted by Gasteiger charge is -2.06. The first-order valence-corrected chi connectivity index (χ1v) is 6.40. The monoisotopic (exact) mass is 326 g/mol. The van der Waals surface area contributed by atoms with Crippen LogP contribution < -0.4 is 11.1 Å². The van der Waals surface area contributed by atoms with Gasteiger partial charge in [0.2, 0.25) is 0 Å². The molecule has 6 heteroatoms. The van der Waals surface area contributed by atoms with Crippen LogP contribution in [0.1, 0.15) is 21.9 Å². The van der Waals surface area contributed by atoms with E-state index in [1.807, 2.05) is 0 Å². The Balaban J connectivity index is 2.02. The number of rotatable bonds is 4. The molecule has 0 atom stereocenters. The van der Waals surface area contributed by atoms with Gasteiger partial charge in [-0.3, -0.25) is 4.79 Å². The molecular formula is C13H12BrFN2O2. The van der Waals surface area contributed by atoms with Crippen LogP contribution in [0.5, 0.6) is 0 Å². The van der Waals surface area contributed by atoms with Crippen LogP contribution in [-0.4, -0.2) is 5.91 Å². The maximum absolute atomic E-state index is 13.1. The molecule has 2 rings (SSSR count). The van der Waals surface area contributed by atoms with Crippen molar-refractivity contribution in [1.82, 2.24) is 5.32 Å². The second-order valence-electron chi connectivity index (χ2n) is 3.89. The van der Waals surface area contributed by atoms with Crippen molar-refractivity contribution in [1.29, 1.82) is 0 Å². The van der Waals surface area contributed by atoms with Gasteiger partial charge in [0.15, 0.2) is 5.76 Å². The molecular weight excluding hydrogens is 315 g/mol. The summed E-state index contributed by atoms with van der Waals surface area (Å²) in [6.07, 6.45) is 0. The minimum atomic E-state index is -0.365. The molecule has 0 aliphatic carbocycles. The normalized spacial score (nSPS) is 10.5. The first-order valence-electron chi connectivity index (χ1n) is 5.61. The Bertz CT molecular complexity index is 598. The van der Waals surface area contributed by atoms with E-state index in [-0.39, 0.29) is 30.6 Å². The van der Waals surface area contributed by atoms with E-state index in [0.717, 1.165) is 4.47 Å². The fourth-order valence-corrected chi connectivity index (χ4v) is 1.94. The number of halogens is 2. The number of nitrogens with two attached hydrogens (primary N) is 1. The summed E-state index contributed by atoms with van der Waals surface area (Å²) in [5, 5.41) is 2.65. The molecule has 2 aromatic rings. The molecule has 1 aromatic carbocycles. The van der Waals surface area contributed by atoms with Crippen LogP contribution >= 0.6 is 15.9 Å². The molecule has 0 saturated carbocycles. The van der Waals surface area contributed by atoms with E-state index >= 15 is 0 Å². The van der Waals surface area contributed by atoms with Crippen LogP contribution in [-0.2, 0) is 13.1 Å². The molecule has 1 amide bonds. The Morgan fingerprint density at radius 1 is 1.37 bits per heavy atom. The zero-order valence-electron chi connectivity index (χ0n) is 9.95. The van der Waals surface area contributed by atoms with Gasteiger partial charge >= 0.3 is 0 Å². The van der Waals surface area contributed by atoms with Crippen LogP contribution in [0.25, 0.3) is 0 Å². The van der Waals surface area contributed by atoms with Gasteiger partial charge in [-0.05, 0) is 35.9 Å². The van der Waals surface area contributed by atoms with Crippen LogP contribution in [0.4, 0.5) is 4.39 Å². The summed E-state index contributed by atoms with van der Waals surface area (Å²) in [6, 6.07) is 7.49. The van der Waals surface area contributed by atoms with Crippen LogP contribution in [0.15, 0.2) is 39.2 Å². The minimum absolute atomic E-state index is 0.188. The molecule has 3 N–H and O–H groups in total. The van der Waals surface area contributed by atoms with E-state index < -0.39 is 0 Å². The molecule has 0 spiro atoms. The maximum atomic E-state index is 13.1. The summed E-state index contributed by atoms with van der Waals surface area (Å²) in [6.45, 7) is 0.443. The zero-order valence-corrected chi connectivity index (χ0v) is 11.5. The van der Waals surface area contributed by atoms with Gasteiger partial charge in [0, 0.05) is 11.0 Å². The number of carbonyl (C=O) groups is 1. The number of hydrogen-bond acceptors (Lipinski definition) is 3. The summed E-state index contributed by atoms with van der Waals surface area (Å²) in [4.78, 5) is 11.8. The van der Waals surface area contributed by atoms with E-state index in [2.05, 4.69) is 21.2 Å². The van der Waals surface area contributed by atoms with E-state index in [4.69, 9.17) is 10.2 Å². The van der Waals surface area contributed by atoms with Crippen molar-refractivity contribution in [3.63, 3.8) is 0 Å². The number of hydrogen-bond donors (Lipinski definition) is 2. The van der Waals surface area contributed by atoms with E-state index in [9.17, 15) is 9.18 Å². The first kappa shape index (κ1) is 13.8. The third kappa shape index (κ3) is 3.42. The average Bonchev–Trinajstić information content (AvgIpc) is 2.88. The molecule has 0 unspecified atom stereocenters. The third-order valence-corrected chi connectivity index (χ3v) is 3.31. The molecule has 1 aromatic heterocycles. The Kier molecular flexibility index (Phi) is 4.34. The van der Waals surface area contributed by atoms with Gasteiger partial charge in [-0.25, -0.2) is 4.39 Å². The highest BCUT2D eigenvalue weighted by atomic mass is 79.9. The molecule has 0 aliphatic heterocycles. The van der Waals surface area contributed by atoms with Crippen LogP contribution in [0.2, 0.25) is 0 Å². The quantitative estimate of drug-likeness (QED) is 0.907. The molecule has 19 heavy (non-hydrogen) atoms. The van der Waals surface area contributed by atoms with Crippen molar-refractivity contribution in [2.75, 3.05) is 0 Å². The lowest BCUT2D eigenvalue weighted by atomic mass is 10.2. The molecule has 0 radical (unpaired) electrons. The highest BCUT2D eigenvalue weighted by molar-refractivity contribution is 9.10. The maximum Gasteiger partial charge on any atom is 0.287 e. The molecule has 0 bridgehead atoms. The van der Waals surface area contributed by atoms with Crippen LogP contribution in [0.3, 0.4) is 0 Å². The van der Waals surface area contributed by atoms with Crippen molar-refractivity contribution in [2.24, 2.45) is 5.73 Å². The van der Waals surface area contributed by atoms with Gasteiger partial charge < -0.3 is 15.5 Å². The van der Waals surface area contributed by atoms with Crippen molar-refractivity contribution in [3.8, 4) is 0 Å². The van der Waals surface area contributed by atoms with Crippen molar-refractivity contribution >= 4 is 21.8 Å². The van der Waals surface area contributed by atoms with Gasteiger partial charge in [0.05, 0.1) is 6.54 Å². The SMILES string of the molecule is NCc1ccc(C(=O)NCc2cc(F)ccc2Br)o1. The third-order valence-electron chi connectivity index (χ3n) is 2.53. The largest absolute Gasteiger partial charge is 0.455 e. The Labute approximate surface area is 117 Å². The number of carbonyl (C=O) groups excluding carboxylic acids is 1. The highest BCUT2D eigenvalue weighted by Gasteiger charge is 2.11.